The van der Waals surface area contributed by atoms with E-state index in [1.54, 1.807) is 0 Å². The lowest BCUT2D eigenvalue weighted by Crippen LogP contribution is -2.30. The van der Waals surface area contributed by atoms with Crippen molar-refractivity contribution in [1.29, 1.82) is 0 Å². The number of aliphatic hydroxyl groups is 1. The average Bonchev–Trinajstić information content (AvgIpc) is 2.28. The van der Waals surface area contributed by atoms with Gasteiger partial charge in [0.1, 0.15) is 0 Å². The topological polar surface area (TPSA) is 46.5 Å². The van der Waals surface area contributed by atoms with Gasteiger partial charge >= 0.3 is 5.97 Å². The lowest BCUT2D eigenvalue weighted by molar-refractivity contribution is -0.152. The number of carbonyl (C=O) groups is 1. The Kier molecular flexibility index (Phi) is 1.83. The second-order valence-electron chi connectivity index (χ2n) is 3.97. The molecule has 1 saturated heterocycles. The van der Waals surface area contributed by atoms with E-state index in [0.717, 1.165) is 6.42 Å². The van der Waals surface area contributed by atoms with Crippen molar-refractivity contribution in [3.05, 3.63) is 0 Å². The summed E-state index contributed by atoms with van der Waals surface area (Å²) in [7, 11) is 0. The molecular formula is C9H14O3. The maximum atomic E-state index is 10.9. The highest BCUT2D eigenvalue weighted by Gasteiger charge is 2.43. The number of hydrogen-bond acceptors (Lipinski definition) is 3. The Morgan fingerprint density at radius 2 is 2.33 bits per heavy atom. The molecule has 0 radical (unpaired) electrons. The SMILES string of the molecule is C[C@H]1[C@H]2COC(=O)C[C@H]2C[C@H]1O. The second kappa shape index (κ2) is 2.73. The largest absolute Gasteiger partial charge is 0.465 e. The summed E-state index contributed by atoms with van der Waals surface area (Å²) in [6.45, 7) is 2.55. The molecule has 12 heavy (non-hydrogen) atoms. The fourth-order valence-electron chi connectivity index (χ4n) is 2.40. The quantitative estimate of drug-likeness (QED) is 0.540. The van der Waals surface area contributed by atoms with Crippen molar-refractivity contribution < 1.29 is 14.6 Å². The summed E-state index contributed by atoms with van der Waals surface area (Å²) in [6, 6.07) is 0. The molecule has 3 nitrogen and oxygen atoms in total. The summed E-state index contributed by atoms with van der Waals surface area (Å²) in [5, 5.41) is 9.55. The monoisotopic (exact) mass is 170 g/mol. The molecule has 0 bridgehead atoms. The first kappa shape index (κ1) is 8.05. The van der Waals surface area contributed by atoms with Crippen LogP contribution in [0.2, 0.25) is 0 Å². The molecule has 4 atom stereocenters. The molecule has 68 valence electrons. The van der Waals surface area contributed by atoms with Gasteiger partial charge in [-0.05, 0) is 18.3 Å². The minimum absolute atomic E-state index is 0.0995. The lowest BCUT2D eigenvalue weighted by Gasteiger charge is -2.26. The van der Waals surface area contributed by atoms with Crippen molar-refractivity contribution in [2.75, 3.05) is 6.61 Å². The Hall–Kier alpha value is -0.570. The van der Waals surface area contributed by atoms with Crippen molar-refractivity contribution in [3.8, 4) is 0 Å². The van der Waals surface area contributed by atoms with Crippen molar-refractivity contribution in [1.82, 2.24) is 0 Å². The lowest BCUT2D eigenvalue weighted by atomic mass is 9.87. The van der Waals surface area contributed by atoms with Gasteiger partial charge in [0.15, 0.2) is 0 Å². The van der Waals surface area contributed by atoms with Crippen molar-refractivity contribution in [2.45, 2.75) is 25.9 Å². The molecule has 2 aliphatic rings. The van der Waals surface area contributed by atoms with Crippen LogP contribution in [0.15, 0.2) is 0 Å². The molecule has 1 heterocycles. The van der Waals surface area contributed by atoms with Gasteiger partial charge in [-0.1, -0.05) is 6.92 Å². The van der Waals surface area contributed by atoms with Gasteiger partial charge in [-0.3, -0.25) is 4.79 Å². The molecule has 2 fully saturated rings. The van der Waals surface area contributed by atoms with Gasteiger partial charge < -0.3 is 9.84 Å². The smallest absolute Gasteiger partial charge is 0.306 e. The first-order valence-corrected chi connectivity index (χ1v) is 4.52. The van der Waals surface area contributed by atoms with Crippen LogP contribution in [0.3, 0.4) is 0 Å². The standard InChI is InChI=1S/C9H14O3/c1-5-7-4-12-9(11)3-6(7)2-8(5)10/h5-8,10H,2-4H2,1H3/t5-,6+,7+,8+/m0/s1. The molecule has 0 aromatic heterocycles. The fourth-order valence-corrected chi connectivity index (χ4v) is 2.40. The van der Waals surface area contributed by atoms with E-state index >= 15 is 0 Å². The predicted molar refractivity (Wildman–Crippen MR) is 42.3 cm³/mol. The van der Waals surface area contributed by atoms with E-state index in [1.807, 2.05) is 6.92 Å². The Labute approximate surface area is 71.7 Å². The molecule has 0 unspecified atom stereocenters. The summed E-state index contributed by atoms with van der Waals surface area (Å²) < 4.78 is 4.96. The molecule has 0 aromatic rings. The average molecular weight is 170 g/mol. The van der Waals surface area contributed by atoms with E-state index in [1.165, 1.54) is 0 Å². The van der Waals surface area contributed by atoms with Crippen LogP contribution in [-0.4, -0.2) is 23.8 Å². The zero-order valence-corrected chi connectivity index (χ0v) is 7.19. The molecule has 0 spiro atoms. The minimum atomic E-state index is -0.227. The summed E-state index contributed by atoms with van der Waals surface area (Å²) >= 11 is 0. The molecule has 1 saturated carbocycles. The number of rotatable bonds is 0. The highest BCUT2D eigenvalue weighted by molar-refractivity contribution is 5.70. The van der Waals surface area contributed by atoms with Gasteiger partial charge in [0.25, 0.3) is 0 Å². The van der Waals surface area contributed by atoms with Gasteiger partial charge in [-0.25, -0.2) is 0 Å². The van der Waals surface area contributed by atoms with Crippen LogP contribution in [0.25, 0.3) is 0 Å². The molecular weight excluding hydrogens is 156 g/mol. The molecule has 3 heteroatoms. The summed E-state index contributed by atoms with van der Waals surface area (Å²) in [5.74, 6) is 0.967. The number of fused-ring (bicyclic) bond motifs is 1. The zero-order valence-electron chi connectivity index (χ0n) is 7.19. The van der Waals surface area contributed by atoms with Gasteiger partial charge in [0.05, 0.1) is 12.7 Å². The van der Waals surface area contributed by atoms with Crippen LogP contribution in [0.1, 0.15) is 19.8 Å². The van der Waals surface area contributed by atoms with E-state index in [0.29, 0.717) is 30.8 Å². The minimum Gasteiger partial charge on any atom is -0.465 e. The third-order valence-electron chi connectivity index (χ3n) is 3.30. The van der Waals surface area contributed by atoms with Gasteiger partial charge in [-0.15, -0.1) is 0 Å². The molecule has 1 N–H and O–H groups in total. The Morgan fingerprint density at radius 3 is 3.08 bits per heavy atom. The van der Waals surface area contributed by atoms with Crippen LogP contribution in [-0.2, 0) is 9.53 Å². The van der Waals surface area contributed by atoms with Crippen LogP contribution in [0.5, 0.6) is 0 Å². The maximum absolute atomic E-state index is 10.9. The summed E-state index contributed by atoms with van der Waals surface area (Å²) in [4.78, 5) is 10.9. The number of aliphatic hydroxyl groups excluding tert-OH is 1. The van der Waals surface area contributed by atoms with Gasteiger partial charge in [0, 0.05) is 12.3 Å². The van der Waals surface area contributed by atoms with Crippen LogP contribution >= 0.6 is 0 Å². The van der Waals surface area contributed by atoms with Crippen LogP contribution in [0, 0.1) is 17.8 Å². The first-order chi connectivity index (χ1) is 5.68. The maximum Gasteiger partial charge on any atom is 0.306 e. The highest BCUT2D eigenvalue weighted by Crippen LogP contribution is 2.41. The van der Waals surface area contributed by atoms with E-state index in [2.05, 4.69) is 0 Å². The van der Waals surface area contributed by atoms with Crippen molar-refractivity contribution >= 4 is 5.97 Å². The highest BCUT2D eigenvalue weighted by atomic mass is 16.5. The van der Waals surface area contributed by atoms with Crippen LogP contribution in [0.4, 0.5) is 0 Å². The molecule has 1 aliphatic carbocycles. The molecule has 1 aliphatic heterocycles. The normalized spacial score (nSPS) is 47.0. The number of esters is 1. The summed E-state index contributed by atoms with van der Waals surface area (Å²) in [6.07, 6.45) is 1.06. The summed E-state index contributed by atoms with van der Waals surface area (Å²) in [5.41, 5.74) is 0. The third-order valence-corrected chi connectivity index (χ3v) is 3.30. The molecule has 2 rings (SSSR count). The molecule has 0 amide bonds. The second-order valence-corrected chi connectivity index (χ2v) is 3.97. The van der Waals surface area contributed by atoms with Crippen LogP contribution < -0.4 is 0 Å². The van der Waals surface area contributed by atoms with Gasteiger partial charge in [0.2, 0.25) is 0 Å². The Balaban J connectivity index is 2.09. The first-order valence-electron chi connectivity index (χ1n) is 4.52. The Bertz CT molecular complexity index is 202. The fraction of sp³-hybridized carbons (Fsp3) is 0.889. The van der Waals surface area contributed by atoms with Crippen molar-refractivity contribution in [2.24, 2.45) is 17.8 Å². The number of hydrogen-bond donors (Lipinski definition) is 1. The van der Waals surface area contributed by atoms with E-state index in [-0.39, 0.29) is 12.1 Å². The van der Waals surface area contributed by atoms with E-state index in [4.69, 9.17) is 4.74 Å². The number of cyclic esters (lactones) is 1. The third kappa shape index (κ3) is 1.12. The van der Waals surface area contributed by atoms with E-state index in [9.17, 15) is 9.90 Å². The Morgan fingerprint density at radius 1 is 1.58 bits per heavy atom. The predicted octanol–water partition coefficient (Wildman–Crippen LogP) is 0.566. The van der Waals surface area contributed by atoms with E-state index < -0.39 is 0 Å². The zero-order chi connectivity index (χ0) is 8.72. The van der Waals surface area contributed by atoms with Gasteiger partial charge in [-0.2, -0.15) is 0 Å². The number of ether oxygens (including phenoxy) is 1. The number of carbonyl (C=O) groups excluding carboxylic acids is 1. The van der Waals surface area contributed by atoms with Crippen molar-refractivity contribution in [3.63, 3.8) is 0 Å². The molecule has 0 aromatic carbocycles.